The Hall–Kier alpha value is -2.81. The summed E-state index contributed by atoms with van der Waals surface area (Å²) in [5.74, 6) is -0.486. The van der Waals surface area contributed by atoms with E-state index >= 15 is 0 Å². The summed E-state index contributed by atoms with van der Waals surface area (Å²) in [6.07, 6.45) is 0. The maximum Gasteiger partial charge on any atom is 0.251 e. The van der Waals surface area contributed by atoms with Gasteiger partial charge in [0.2, 0.25) is 0 Å². The van der Waals surface area contributed by atoms with Crippen LogP contribution in [-0.4, -0.2) is 5.91 Å². The summed E-state index contributed by atoms with van der Waals surface area (Å²) in [5.41, 5.74) is 12.3. The molecule has 96 valence electrons. The Morgan fingerprint density at radius 1 is 0.850 bits per heavy atom. The third kappa shape index (κ3) is 1.26. The first-order valence-electron chi connectivity index (χ1n) is 6.42. The number of carbonyl (C=O) groups is 1. The van der Waals surface area contributed by atoms with Gasteiger partial charge in [0.25, 0.3) is 5.91 Å². The van der Waals surface area contributed by atoms with E-state index < -0.39 is 5.91 Å². The van der Waals surface area contributed by atoms with Crippen molar-refractivity contribution in [1.82, 2.24) is 0 Å². The van der Waals surface area contributed by atoms with Gasteiger partial charge in [-0.15, -0.1) is 0 Å². The zero-order chi connectivity index (χ0) is 13.9. The molecule has 0 heterocycles. The largest absolute Gasteiger partial charge is 0.398 e. The molecule has 3 nitrogen and oxygen atoms in total. The van der Waals surface area contributed by atoms with E-state index in [1.807, 2.05) is 30.3 Å². The predicted molar refractivity (Wildman–Crippen MR) is 83.1 cm³/mol. The molecule has 4 aromatic carbocycles. The maximum atomic E-state index is 11.7. The van der Waals surface area contributed by atoms with E-state index in [0.717, 1.165) is 32.3 Å². The van der Waals surface area contributed by atoms with Crippen LogP contribution >= 0.6 is 0 Å². The lowest BCUT2D eigenvalue weighted by Crippen LogP contribution is -2.14. The second kappa shape index (κ2) is 3.61. The number of anilines is 1. The molecule has 0 radical (unpaired) electrons. The molecule has 1 amide bonds. The van der Waals surface area contributed by atoms with Crippen molar-refractivity contribution >= 4 is 43.9 Å². The Balaban J connectivity index is 2.39. The zero-order valence-corrected chi connectivity index (χ0v) is 10.7. The molecule has 0 aliphatic heterocycles. The standard InChI is InChI=1S/C17H12N2O/c18-13-8-11-5-4-9-2-1-3-10-6-7-12(15(11)14(9)10)16(13)17(19)20/h1-8H,18H2,(H2,19,20). The van der Waals surface area contributed by atoms with Crippen molar-refractivity contribution in [1.29, 1.82) is 0 Å². The number of hydrogen-bond acceptors (Lipinski definition) is 2. The summed E-state index contributed by atoms with van der Waals surface area (Å²) in [4.78, 5) is 11.7. The molecule has 0 bridgehead atoms. The highest BCUT2D eigenvalue weighted by molar-refractivity contribution is 6.27. The fraction of sp³-hybridized carbons (Fsp3) is 0. The summed E-state index contributed by atoms with van der Waals surface area (Å²) in [5, 5.41) is 6.39. The van der Waals surface area contributed by atoms with Gasteiger partial charge < -0.3 is 11.5 Å². The van der Waals surface area contributed by atoms with Crippen molar-refractivity contribution in [2.75, 3.05) is 5.73 Å². The van der Waals surface area contributed by atoms with E-state index in [9.17, 15) is 4.79 Å². The normalized spacial score (nSPS) is 11.6. The molecule has 4 N–H and O–H groups in total. The van der Waals surface area contributed by atoms with Crippen LogP contribution in [0.1, 0.15) is 10.4 Å². The lowest BCUT2D eigenvalue weighted by atomic mass is 9.91. The van der Waals surface area contributed by atoms with Gasteiger partial charge in [-0.2, -0.15) is 0 Å². The van der Waals surface area contributed by atoms with Gasteiger partial charge >= 0.3 is 0 Å². The van der Waals surface area contributed by atoms with E-state index in [1.54, 1.807) is 0 Å². The predicted octanol–water partition coefficient (Wildman–Crippen LogP) is 3.27. The monoisotopic (exact) mass is 260 g/mol. The van der Waals surface area contributed by atoms with Crippen LogP contribution in [0, 0.1) is 0 Å². The highest BCUT2D eigenvalue weighted by Crippen LogP contribution is 2.37. The summed E-state index contributed by atoms with van der Waals surface area (Å²) in [6.45, 7) is 0. The van der Waals surface area contributed by atoms with Gasteiger partial charge in [-0.3, -0.25) is 4.79 Å². The Bertz CT molecular complexity index is 973. The van der Waals surface area contributed by atoms with Gasteiger partial charge in [-0.1, -0.05) is 42.5 Å². The van der Waals surface area contributed by atoms with Crippen molar-refractivity contribution in [3.8, 4) is 0 Å². The molecule has 0 unspecified atom stereocenters. The quantitative estimate of drug-likeness (QED) is 0.407. The van der Waals surface area contributed by atoms with E-state index in [2.05, 4.69) is 18.2 Å². The molecule has 0 spiro atoms. The van der Waals surface area contributed by atoms with Crippen LogP contribution in [0.5, 0.6) is 0 Å². The van der Waals surface area contributed by atoms with Crippen molar-refractivity contribution in [3.63, 3.8) is 0 Å². The number of nitrogens with two attached hydrogens (primary N) is 2. The van der Waals surface area contributed by atoms with Crippen molar-refractivity contribution in [3.05, 3.63) is 54.1 Å². The Kier molecular flexibility index (Phi) is 1.99. The van der Waals surface area contributed by atoms with Gasteiger partial charge in [-0.25, -0.2) is 0 Å². The highest BCUT2D eigenvalue weighted by atomic mass is 16.1. The van der Waals surface area contributed by atoms with Crippen LogP contribution < -0.4 is 11.5 Å². The molecule has 4 aromatic rings. The second-order valence-electron chi connectivity index (χ2n) is 5.06. The smallest absolute Gasteiger partial charge is 0.251 e. The number of benzene rings is 4. The topological polar surface area (TPSA) is 69.1 Å². The lowest BCUT2D eigenvalue weighted by molar-refractivity contribution is 0.100. The van der Waals surface area contributed by atoms with Crippen LogP contribution in [0.3, 0.4) is 0 Å². The SMILES string of the molecule is NC(=O)c1c(N)cc2ccc3cccc4ccc1c2c34. The third-order valence-corrected chi connectivity index (χ3v) is 3.92. The van der Waals surface area contributed by atoms with Crippen LogP contribution in [0.15, 0.2) is 48.5 Å². The zero-order valence-electron chi connectivity index (χ0n) is 10.7. The fourth-order valence-corrected chi connectivity index (χ4v) is 3.11. The van der Waals surface area contributed by atoms with E-state index in [0.29, 0.717) is 11.3 Å². The Morgan fingerprint density at radius 3 is 2.20 bits per heavy atom. The molecule has 20 heavy (non-hydrogen) atoms. The number of amides is 1. The van der Waals surface area contributed by atoms with Crippen LogP contribution in [0.2, 0.25) is 0 Å². The Labute approximate surface area is 115 Å². The molecule has 0 aliphatic rings. The summed E-state index contributed by atoms with van der Waals surface area (Å²) in [7, 11) is 0. The first kappa shape index (κ1) is 11.1. The molecule has 4 rings (SSSR count). The average molecular weight is 260 g/mol. The fourth-order valence-electron chi connectivity index (χ4n) is 3.11. The van der Waals surface area contributed by atoms with Gasteiger partial charge in [0.05, 0.1) is 5.56 Å². The maximum absolute atomic E-state index is 11.7. The average Bonchev–Trinajstić information content (AvgIpc) is 2.43. The Morgan fingerprint density at radius 2 is 1.50 bits per heavy atom. The molecule has 0 aromatic heterocycles. The van der Waals surface area contributed by atoms with E-state index in [-0.39, 0.29) is 0 Å². The van der Waals surface area contributed by atoms with Crippen LogP contribution in [-0.2, 0) is 0 Å². The van der Waals surface area contributed by atoms with Crippen molar-refractivity contribution < 1.29 is 4.79 Å². The van der Waals surface area contributed by atoms with Crippen molar-refractivity contribution in [2.24, 2.45) is 5.73 Å². The number of nitrogen functional groups attached to an aromatic ring is 1. The minimum atomic E-state index is -0.486. The van der Waals surface area contributed by atoms with Gasteiger partial charge in [0.1, 0.15) is 0 Å². The second-order valence-corrected chi connectivity index (χ2v) is 5.06. The number of rotatable bonds is 1. The van der Waals surface area contributed by atoms with Crippen molar-refractivity contribution in [2.45, 2.75) is 0 Å². The number of carbonyl (C=O) groups excluding carboxylic acids is 1. The molecule has 0 saturated carbocycles. The molecule has 0 atom stereocenters. The molecule has 0 fully saturated rings. The third-order valence-electron chi connectivity index (χ3n) is 3.92. The minimum absolute atomic E-state index is 0.413. The molecular formula is C17H12N2O. The van der Waals surface area contributed by atoms with Gasteiger partial charge in [0.15, 0.2) is 0 Å². The number of hydrogen-bond donors (Lipinski definition) is 2. The van der Waals surface area contributed by atoms with E-state index in [4.69, 9.17) is 11.5 Å². The molecular weight excluding hydrogens is 248 g/mol. The van der Waals surface area contributed by atoms with Gasteiger partial charge in [-0.05, 0) is 38.4 Å². The summed E-state index contributed by atoms with van der Waals surface area (Å²) < 4.78 is 0. The molecule has 3 heteroatoms. The van der Waals surface area contributed by atoms with Gasteiger partial charge in [0, 0.05) is 5.69 Å². The highest BCUT2D eigenvalue weighted by Gasteiger charge is 2.16. The molecule has 0 aliphatic carbocycles. The molecule has 0 saturated heterocycles. The summed E-state index contributed by atoms with van der Waals surface area (Å²) in [6, 6.07) is 16.1. The first-order valence-corrected chi connectivity index (χ1v) is 6.42. The van der Waals surface area contributed by atoms with Crippen LogP contribution in [0.4, 0.5) is 5.69 Å². The summed E-state index contributed by atoms with van der Waals surface area (Å²) >= 11 is 0. The lowest BCUT2D eigenvalue weighted by Gasteiger charge is -2.14. The van der Waals surface area contributed by atoms with Crippen LogP contribution in [0.25, 0.3) is 32.3 Å². The number of primary amides is 1. The first-order chi connectivity index (χ1) is 9.66. The van der Waals surface area contributed by atoms with E-state index in [1.165, 1.54) is 0 Å². The minimum Gasteiger partial charge on any atom is -0.398 e.